The van der Waals surface area contributed by atoms with Crippen LogP contribution in [0, 0.1) is 11.3 Å². The third-order valence-electron chi connectivity index (χ3n) is 5.41. The molecule has 4 rings (SSSR count). The second-order valence-corrected chi connectivity index (χ2v) is 9.50. The number of nitriles is 1. The van der Waals surface area contributed by atoms with Crippen molar-refractivity contribution in [3.63, 3.8) is 0 Å². The highest BCUT2D eigenvalue weighted by Crippen LogP contribution is 2.38. The Morgan fingerprint density at radius 1 is 1.24 bits per heavy atom. The van der Waals surface area contributed by atoms with Crippen LogP contribution in [0.5, 0.6) is 11.5 Å². The molecule has 1 atom stereocenters. The number of methoxy groups -OCH3 is 1. The molecule has 3 aromatic rings. The van der Waals surface area contributed by atoms with Crippen LogP contribution in [0.3, 0.4) is 0 Å². The molecule has 0 saturated carbocycles. The van der Waals surface area contributed by atoms with Crippen molar-refractivity contribution in [1.29, 1.82) is 5.26 Å². The average Bonchev–Trinajstić information content (AvgIpc) is 3.49. The molecule has 1 aliphatic heterocycles. The second-order valence-electron chi connectivity index (χ2n) is 9.50. The quantitative estimate of drug-likeness (QED) is 0.482. The van der Waals surface area contributed by atoms with Gasteiger partial charge >= 0.3 is 6.09 Å². The summed E-state index contributed by atoms with van der Waals surface area (Å²) in [6.07, 6.45) is 5.28. The van der Waals surface area contributed by atoms with E-state index in [2.05, 4.69) is 30.5 Å². The second kappa shape index (κ2) is 10.3. The number of rotatable bonds is 7. The molecule has 0 bridgehead atoms. The number of aromatic amines is 1. The van der Waals surface area contributed by atoms with Gasteiger partial charge in [0.25, 0.3) is 0 Å². The fraction of sp³-hybridized carbons (Fsp3) is 0.417. The molecule has 4 heterocycles. The summed E-state index contributed by atoms with van der Waals surface area (Å²) in [5, 5.41) is 19.0. The monoisotopic (exact) mass is 510 g/mol. The molecule has 13 heteroatoms. The number of pyridine rings is 1. The number of alkyl halides is 1. The van der Waals surface area contributed by atoms with Crippen molar-refractivity contribution in [2.75, 3.05) is 32.1 Å². The standard InChI is InChI=1S/C24H27FN8O4/c1-23(2,3)37-22(34)33-6-5-24(25,13-33)14-36-18-11-27-10-17(35-4)21(18)16-7-19(32-31-16)30-20-12-28-15(8-26)9-29-20/h7,9-12H,5-6,13-14H2,1-4H3,(H2,29,30,31,32)/t24-/m1/s1. The smallest absolute Gasteiger partial charge is 0.410 e. The molecule has 194 valence electrons. The highest BCUT2D eigenvalue weighted by atomic mass is 19.1. The first kappa shape index (κ1) is 25.6. The molecule has 2 N–H and O–H groups in total. The van der Waals surface area contributed by atoms with Gasteiger partial charge in [0.2, 0.25) is 0 Å². The summed E-state index contributed by atoms with van der Waals surface area (Å²) < 4.78 is 32.3. The predicted molar refractivity (Wildman–Crippen MR) is 130 cm³/mol. The molecule has 0 spiro atoms. The maximum atomic E-state index is 15.6. The zero-order chi connectivity index (χ0) is 26.6. The Balaban J connectivity index is 1.48. The third-order valence-corrected chi connectivity index (χ3v) is 5.41. The maximum Gasteiger partial charge on any atom is 0.410 e. The van der Waals surface area contributed by atoms with Crippen molar-refractivity contribution in [2.24, 2.45) is 0 Å². The fourth-order valence-electron chi connectivity index (χ4n) is 3.69. The topological polar surface area (TPSA) is 151 Å². The first-order chi connectivity index (χ1) is 17.6. The number of amides is 1. The van der Waals surface area contributed by atoms with Gasteiger partial charge in [-0.15, -0.1) is 0 Å². The molecule has 37 heavy (non-hydrogen) atoms. The molecule has 0 aromatic carbocycles. The Bertz CT molecular complexity index is 1300. The van der Waals surface area contributed by atoms with E-state index in [-0.39, 0.29) is 37.6 Å². The Kier molecular flexibility index (Phi) is 7.10. The fourth-order valence-corrected chi connectivity index (χ4v) is 3.69. The zero-order valence-corrected chi connectivity index (χ0v) is 20.9. The van der Waals surface area contributed by atoms with Gasteiger partial charge in [-0.1, -0.05) is 0 Å². The van der Waals surface area contributed by atoms with Crippen molar-refractivity contribution in [3.8, 4) is 28.8 Å². The molecule has 3 aromatic heterocycles. The number of ether oxygens (including phenoxy) is 3. The Labute approximate surface area is 212 Å². The summed E-state index contributed by atoms with van der Waals surface area (Å²) >= 11 is 0. The number of anilines is 2. The molecule has 0 unspecified atom stereocenters. The summed E-state index contributed by atoms with van der Waals surface area (Å²) in [5.41, 5.74) is -1.21. The highest BCUT2D eigenvalue weighted by Gasteiger charge is 2.42. The lowest BCUT2D eigenvalue weighted by atomic mass is 10.1. The van der Waals surface area contributed by atoms with E-state index in [4.69, 9.17) is 19.5 Å². The molecule has 1 amide bonds. The average molecular weight is 511 g/mol. The van der Waals surface area contributed by atoms with Gasteiger partial charge in [-0.3, -0.25) is 10.1 Å². The van der Waals surface area contributed by atoms with Gasteiger partial charge in [-0.25, -0.2) is 19.2 Å². The zero-order valence-electron chi connectivity index (χ0n) is 20.9. The van der Waals surface area contributed by atoms with Crippen LogP contribution in [0.4, 0.5) is 20.8 Å². The van der Waals surface area contributed by atoms with E-state index in [1.54, 1.807) is 26.8 Å². The Morgan fingerprint density at radius 2 is 2.03 bits per heavy atom. The minimum Gasteiger partial charge on any atom is -0.494 e. The van der Waals surface area contributed by atoms with Crippen molar-refractivity contribution < 1.29 is 23.4 Å². The SMILES string of the molecule is COc1cncc(OC[C@@]2(F)CCN(C(=O)OC(C)(C)C)C2)c1-c1cc(Nc2cnc(C#N)cn2)n[nH]1. The molecule has 12 nitrogen and oxygen atoms in total. The van der Waals surface area contributed by atoms with Crippen molar-refractivity contribution in [2.45, 2.75) is 38.5 Å². The van der Waals surface area contributed by atoms with E-state index in [9.17, 15) is 4.79 Å². The summed E-state index contributed by atoms with van der Waals surface area (Å²) in [5.74, 6) is 1.48. The van der Waals surface area contributed by atoms with E-state index in [0.29, 0.717) is 28.6 Å². The van der Waals surface area contributed by atoms with Crippen molar-refractivity contribution in [3.05, 3.63) is 36.5 Å². The van der Waals surface area contributed by atoms with Gasteiger partial charge in [0, 0.05) is 19.0 Å². The van der Waals surface area contributed by atoms with Gasteiger partial charge in [0.1, 0.15) is 29.8 Å². The number of hydrogen-bond acceptors (Lipinski definition) is 10. The summed E-state index contributed by atoms with van der Waals surface area (Å²) in [4.78, 5) is 25.9. The molecular formula is C24H27FN8O4. The van der Waals surface area contributed by atoms with E-state index >= 15 is 4.39 Å². The highest BCUT2D eigenvalue weighted by molar-refractivity contribution is 5.75. The molecule has 1 saturated heterocycles. The number of nitrogens with zero attached hydrogens (tertiary/aromatic N) is 6. The van der Waals surface area contributed by atoms with E-state index in [0.717, 1.165) is 0 Å². The maximum absolute atomic E-state index is 15.6. The van der Waals surface area contributed by atoms with Gasteiger partial charge in [-0.2, -0.15) is 10.4 Å². The minimum atomic E-state index is -1.76. The number of hydrogen-bond donors (Lipinski definition) is 2. The van der Waals surface area contributed by atoms with Crippen LogP contribution < -0.4 is 14.8 Å². The van der Waals surface area contributed by atoms with Crippen LogP contribution in [0.1, 0.15) is 32.9 Å². The van der Waals surface area contributed by atoms with Crippen molar-refractivity contribution in [1.82, 2.24) is 30.0 Å². The number of carbonyl (C=O) groups excluding carboxylic acids is 1. The number of carbonyl (C=O) groups is 1. The lowest BCUT2D eigenvalue weighted by Gasteiger charge is -2.25. The predicted octanol–water partition coefficient (Wildman–Crippen LogP) is 3.61. The number of H-pyrrole nitrogens is 1. The normalized spacial score (nSPS) is 17.2. The lowest BCUT2D eigenvalue weighted by Crippen LogP contribution is -2.39. The van der Waals surface area contributed by atoms with Crippen LogP contribution in [0.2, 0.25) is 0 Å². The van der Waals surface area contributed by atoms with Crippen LogP contribution in [0.25, 0.3) is 11.3 Å². The van der Waals surface area contributed by atoms with Crippen molar-refractivity contribution >= 4 is 17.7 Å². The van der Waals surface area contributed by atoms with Crippen LogP contribution >= 0.6 is 0 Å². The molecule has 1 fully saturated rings. The molecular weight excluding hydrogens is 483 g/mol. The first-order valence-electron chi connectivity index (χ1n) is 11.5. The number of halogens is 1. The first-order valence-corrected chi connectivity index (χ1v) is 11.5. The largest absolute Gasteiger partial charge is 0.494 e. The summed E-state index contributed by atoms with van der Waals surface area (Å²) in [6.45, 7) is 5.08. The third kappa shape index (κ3) is 6.21. The number of aromatic nitrogens is 5. The molecule has 1 aliphatic rings. The minimum absolute atomic E-state index is 0.114. The molecule has 0 radical (unpaired) electrons. The van der Waals surface area contributed by atoms with Gasteiger partial charge in [0.05, 0.1) is 49.7 Å². The van der Waals surface area contributed by atoms with E-state index in [1.807, 2.05) is 6.07 Å². The Hall–Kier alpha value is -4.47. The van der Waals surface area contributed by atoms with Gasteiger partial charge in [0.15, 0.2) is 22.9 Å². The van der Waals surface area contributed by atoms with Crippen LogP contribution in [-0.2, 0) is 4.74 Å². The van der Waals surface area contributed by atoms with Gasteiger partial charge in [-0.05, 0) is 20.8 Å². The van der Waals surface area contributed by atoms with E-state index in [1.165, 1.54) is 36.8 Å². The Morgan fingerprint density at radius 3 is 2.70 bits per heavy atom. The van der Waals surface area contributed by atoms with Crippen LogP contribution in [-0.4, -0.2) is 74.2 Å². The lowest BCUT2D eigenvalue weighted by molar-refractivity contribution is 0.0230. The summed E-state index contributed by atoms with van der Waals surface area (Å²) in [6, 6.07) is 3.59. The van der Waals surface area contributed by atoms with Gasteiger partial charge < -0.3 is 24.4 Å². The number of likely N-dealkylation sites (tertiary alicyclic amines) is 1. The molecule has 0 aliphatic carbocycles. The summed E-state index contributed by atoms with van der Waals surface area (Å²) in [7, 11) is 1.48. The van der Waals surface area contributed by atoms with E-state index < -0.39 is 17.4 Å². The van der Waals surface area contributed by atoms with Crippen LogP contribution in [0.15, 0.2) is 30.9 Å². The number of nitrogens with one attached hydrogen (secondary N) is 2.